The second-order valence-electron chi connectivity index (χ2n) is 1.76. The third-order valence-corrected chi connectivity index (χ3v) is 0.796. The lowest BCUT2D eigenvalue weighted by Crippen LogP contribution is -2.09. The minimum atomic E-state index is -0.222. The number of aliphatic hydroxyl groups is 1. The molecular weight excluding hydrogens is 86.9 g/mol. The Hall–Kier alpha value is 0.0249. The lowest BCUT2D eigenvalue weighted by Gasteiger charge is -1.96. The summed E-state index contributed by atoms with van der Waals surface area (Å²) in [6.07, 6.45) is 2.16. The van der Waals surface area contributed by atoms with E-state index in [4.69, 9.17) is 5.11 Å². The maximum atomic E-state index is 8.63. The molecular formula is C5H12BO. The Morgan fingerprint density at radius 1 is 1.71 bits per heavy atom. The van der Waals surface area contributed by atoms with Crippen molar-refractivity contribution in [3.05, 3.63) is 0 Å². The zero-order valence-electron chi connectivity index (χ0n) is 5.02. The fraction of sp³-hybridized carbons (Fsp3) is 1.00. The Morgan fingerprint density at radius 2 is 2.29 bits per heavy atom. The third kappa shape index (κ3) is 6.02. The van der Waals surface area contributed by atoms with Crippen LogP contribution in [0, 0.1) is 0 Å². The quantitative estimate of drug-likeness (QED) is 0.520. The van der Waals surface area contributed by atoms with Crippen LogP contribution in [0.5, 0.6) is 0 Å². The van der Waals surface area contributed by atoms with E-state index in [9.17, 15) is 0 Å². The summed E-state index contributed by atoms with van der Waals surface area (Å²) in [5, 5.41) is 8.63. The summed E-state index contributed by atoms with van der Waals surface area (Å²) in [6.45, 7) is 3.87. The van der Waals surface area contributed by atoms with Gasteiger partial charge in [0.05, 0.1) is 0 Å². The van der Waals surface area contributed by atoms with Gasteiger partial charge in [0.25, 0.3) is 0 Å². The van der Waals surface area contributed by atoms with Crippen molar-refractivity contribution in [1.82, 2.24) is 0 Å². The molecule has 0 rings (SSSR count). The molecule has 0 aliphatic rings. The molecule has 1 nitrogen and oxygen atoms in total. The molecule has 0 unspecified atom stereocenters. The summed E-state index contributed by atoms with van der Waals surface area (Å²) in [7, 11) is 1.90. The average Bonchev–Trinajstić information content (AvgIpc) is 1.61. The zero-order valence-corrected chi connectivity index (χ0v) is 5.02. The van der Waals surface area contributed by atoms with E-state index in [0.29, 0.717) is 0 Å². The monoisotopic (exact) mass is 99.1 g/mol. The van der Waals surface area contributed by atoms with Gasteiger partial charge >= 0.3 is 0 Å². The molecule has 0 fully saturated rings. The first-order valence-corrected chi connectivity index (χ1v) is 2.78. The molecule has 1 radical (unpaired) electrons. The lowest BCUT2D eigenvalue weighted by atomic mass is 9.68. The van der Waals surface area contributed by atoms with E-state index >= 15 is 0 Å². The number of hydrogen-bond donors (Lipinski definition) is 1. The SMILES string of the molecule is CCC[B][C@H](C)O. The molecule has 0 aliphatic carbocycles. The molecule has 0 amide bonds. The maximum Gasteiger partial charge on any atom is 0.148 e. The molecule has 0 aromatic heterocycles. The first-order valence-electron chi connectivity index (χ1n) is 2.78. The minimum Gasteiger partial charge on any atom is -0.402 e. The molecule has 1 N–H and O–H groups in total. The second-order valence-corrected chi connectivity index (χ2v) is 1.76. The van der Waals surface area contributed by atoms with Gasteiger partial charge in [-0.15, -0.1) is 0 Å². The van der Waals surface area contributed by atoms with Crippen molar-refractivity contribution in [2.24, 2.45) is 0 Å². The summed E-state index contributed by atoms with van der Waals surface area (Å²) in [5.74, 6) is 0. The average molecular weight is 99.0 g/mol. The summed E-state index contributed by atoms with van der Waals surface area (Å²) >= 11 is 0. The van der Waals surface area contributed by atoms with Crippen molar-refractivity contribution in [1.29, 1.82) is 0 Å². The first-order chi connectivity index (χ1) is 3.27. The third-order valence-electron chi connectivity index (χ3n) is 0.796. The van der Waals surface area contributed by atoms with Crippen molar-refractivity contribution >= 4 is 7.28 Å². The van der Waals surface area contributed by atoms with Gasteiger partial charge in [0.2, 0.25) is 0 Å². The standard InChI is InChI=1S/C5H12BO/c1-3-4-6-5(2)7/h5,7H,3-4H2,1-2H3/t5-/m0/s1. The summed E-state index contributed by atoms with van der Waals surface area (Å²) in [4.78, 5) is 0. The van der Waals surface area contributed by atoms with Gasteiger partial charge in [0.15, 0.2) is 0 Å². The van der Waals surface area contributed by atoms with Gasteiger partial charge in [-0.3, -0.25) is 0 Å². The Bertz CT molecular complexity index is 37.1. The molecule has 0 heterocycles. The number of hydrogen-bond acceptors (Lipinski definition) is 1. The van der Waals surface area contributed by atoms with Gasteiger partial charge in [-0.05, 0) is 6.92 Å². The Morgan fingerprint density at radius 3 is 2.43 bits per heavy atom. The highest BCUT2D eigenvalue weighted by Crippen LogP contribution is 1.87. The summed E-state index contributed by atoms with van der Waals surface area (Å²) < 4.78 is 0. The minimum absolute atomic E-state index is 0.222. The van der Waals surface area contributed by atoms with Gasteiger partial charge in [0.1, 0.15) is 7.28 Å². The smallest absolute Gasteiger partial charge is 0.148 e. The van der Waals surface area contributed by atoms with Crippen LogP contribution in [0.25, 0.3) is 0 Å². The predicted octanol–water partition coefficient (Wildman–Crippen LogP) is 0.857. The molecule has 0 aromatic rings. The van der Waals surface area contributed by atoms with E-state index < -0.39 is 0 Å². The Labute approximate surface area is 46.0 Å². The highest BCUT2D eigenvalue weighted by Gasteiger charge is 1.93. The molecule has 2 heteroatoms. The largest absolute Gasteiger partial charge is 0.402 e. The van der Waals surface area contributed by atoms with Crippen molar-refractivity contribution in [3.63, 3.8) is 0 Å². The van der Waals surface area contributed by atoms with Crippen LogP contribution >= 0.6 is 0 Å². The molecule has 41 valence electrons. The van der Waals surface area contributed by atoms with E-state index in [1.165, 1.54) is 0 Å². The lowest BCUT2D eigenvalue weighted by molar-refractivity contribution is 0.272. The van der Waals surface area contributed by atoms with Gasteiger partial charge in [-0.1, -0.05) is 19.7 Å². The highest BCUT2D eigenvalue weighted by molar-refractivity contribution is 6.36. The van der Waals surface area contributed by atoms with E-state index in [2.05, 4.69) is 6.92 Å². The van der Waals surface area contributed by atoms with Crippen LogP contribution in [0.2, 0.25) is 6.32 Å². The van der Waals surface area contributed by atoms with Crippen molar-refractivity contribution in [2.45, 2.75) is 32.6 Å². The topological polar surface area (TPSA) is 20.2 Å². The van der Waals surface area contributed by atoms with Gasteiger partial charge in [-0.2, -0.15) is 0 Å². The van der Waals surface area contributed by atoms with Crippen molar-refractivity contribution in [2.75, 3.05) is 0 Å². The molecule has 0 spiro atoms. The van der Waals surface area contributed by atoms with Gasteiger partial charge in [0, 0.05) is 6.00 Å². The van der Waals surface area contributed by atoms with Crippen LogP contribution < -0.4 is 0 Å². The van der Waals surface area contributed by atoms with E-state index in [0.717, 1.165) is 12.7 Å². The van der Waals surface area contributed by atoms with Crippen LogP contribution in [-0.4, -0.2) is 18.4 Å². The fourth-order valence-electron chi connectivity index (χ4n) is 0.408. The fourth-order valence-corrected chi connectivity index (χ4v) is 0.408. The molecule has 0 aromatic carbocycles. The summed E-state index contributed by atoms with van der Waals surface area (Å²) in [5.41, 5.74) is 0. The Balaban J connectivity index is 2.68. The zero-order chi connectivity index (χ0) is 5.70. The van der Waals surface area contributed by atoms with E-state index in [1.807, 2.05) is 7.28 Å². The predicted molar refractivity (Wildman–Crippen MR) is 32.5 cm³/mol. The van der Waals surface area contributed by atoms with Gasteiger partial charge < -0.3 is 5.11 Å². The number of aliphatic hydroxyl groups excluding tert-OH is 1. The normalized spacial score (nSPS) is 13.6. The van der Waals surface area contributed by atoms with Crippen LogP contribution in [0.15, 0.2) is 0 Å². The van der Waals surface area contributed by atoms with E-state index in [1.54, 1.807) is 6.92 Å². The number of rotatable bonds is 3. The molecule has 0 saturated carbocycles. The molecule has 0 bridgehead atoms. The van der Waals surface area contributed by atoms with E-state index in [-0.39, 0.29) is 6.00 Å². The van der Waals surface area contributed by atoms with Crippen molar-refractivity contribution in [3.8, 4) is 0 Å². The maximum absolute atomic E-state index is 8.63. The molecule has 7 heavy (non-hydrogen) atoms. The van der Waals surface area contributed by atoms with Gasteiger partial charge in [-0.25, -0.2) is 0 Å². The van der Waals surface area contributed by atoms with Crippen LogP contribution in [0.1, 0.15) is 20.3 Å². The van der Waals surface area contributed by atoms with Crippen LogP contribution in [0.4, 0.5) is 0 Å². The Kier molecular flexibility index (Phi) is 4.21. The van der Waals surface area contributed by atoms with Crippen LogP contribution in [-0.2, 0) is 0 Å². The molecule has 0 saturated heterocycles. The first kappa shape index (κ1) is 7.02. The second kappa shape index (κ2) is 4.19. The van der Waals surface area contributed by atoms with Crippen molar-refractivity contribution < 1.29 is 5.11 Å². The van der Waals surface area contributed by atoms with Crippen LogP contribution in [0.3, 0.4) is 0 Å². The molecule has 0 aliphatic heterocycles. The molecule has 1 atom stereocenters. The summed E-state index contributed by atoms with van der Waals surface area (Å²) in [6, 6.07) is -0.222. The highest BCUT2D eigenvalue weighted by atomic mass is 16.3.